The highest BCUT2D eigenvalue weighted by atomic mass is 35.5. The van der Waals surface area contributed by atoms with Gasteiger partial charge in [0.1, 0.15) is 11.6 Å². The highest BCUT2D eigenvalue weighted by molar-refractivity contribution is 6.30. The molecule has 3 fully saturated rings. The summed E-state index contributed by atoms with van der Waals surface area (Å²) < 4.78 is 48.8. The number of hydrogen-bond acceptors (Lipinski definition) is 6. The summed E-state index contributed by atoms with van der Waals surface area (Å²) >= 11 is 6.37. The van der Waals surface area contributed by atoms with Gasteiger partial charge in [-0.15, -0.1) is 10.2 Å². The lowest BCUT2D eigenvalue weighted by atomic mass is 9.57. The molecule has 4 heterocycles. The Morgan fingerprint density at radius 1 is 1.08 bits per heavy atom. The van der Waals surface area contributed by atoms with Gasteiger partial charge in [-0.2, -0.15) is 0 Å². The molecule has 11 heteroatoms. The Morgan fingerprint density at radius 3 is 2.55 bits per heavy atom. The number of halogens is 4. The molecule has 200 valence electrons. The van der Waals surface area contributed by atoms with Gasteiger partial charge in [-0.25, -0.2) is 18.2 Å². The number of rotatable bonds is 4. The molecule has 7 rings (SSSR count). The van der Waals surface area contributed by atoms with Crippen molar-refractivity contribution in [2.75, 3.05) is 25.1 Å². The predicted molar refractivity (Wildman–Crippen MR) is 136 cm³/mol. The Morgan fingerprint density at radius 2 is 1.84 bits per heavy atom. The molecule has 1 saturated heterocycles. The van der Waals surface area contributed by atoms with Crippen LogP contribution in [0.1, 0.15) is 55.7 Å². The molecule has 2 aliphatic heterocycles. The van der Waals surface area contributed by atoms with Crippen LogP contribution in [-0.4, -0.2) is 56.3 Å². The van der Waals surface area contributed by atoms with Crippen LogP contribution in [0.25, 0.3) is 5.69 Å². The highest BCUT2D eigenvalue weighted by Crippen LogP contribution is 2.57. The van der Waals surface area contributed by atoms with Crippen LogP contribution in [0.4, 0.5) is 19.0 Å². The van der Waals surface area contributed by atoms with Crippen molar-refractivity contribution in [3.63, 3.8) is 0 Å². The fraction of sp³-hybridized carbons (Fsp3) is 0.519. The van der Waals surface area contributed by atoms with Crippen LogP contribution in [0.2, 0.25) is 5.02 Å². The molecule has 0 radical (unpaired) electrons. The summed E-state index contributed by atoms with van der Waals surface area (Å²) in [6, 6.07) is 7.42. The summed E-state index contributed by atoms with van der Waals surface area (Å²) in [5, 5.41) is 9.81. The van der Waals surface area contributed by atoms with E-state index in [1.165, 1.54) is 13.3 Å². The quantitative estimate of drug-likeness (QED) is 0.441. The number of fused-ring (bicyclic) bond motifs is 3. The molecule has 1 spiro atoms. The normalized spacial score (nSPS) is 23.1. The fourth-order valence-corrected chi connectivity index (χ4v) is 7.24. The highest BCUT2D eigenvalue weighted by Gasteiger charge is 2.57. The number of anilines is 1. The van der Waals surface area contributed by atoms with Crippen molar-refractivity contribution in [3.05, 3.63) is 58.5 Å². The van der Waals surface area contributed by atoms with E-state index in [4.69, 9.17) is 16.3 Å². The molecule has 0 N–H and O–H groups in total. The molecule has 0 bridgehead atoms. The van der Waals surface area contributed by atoms with E-state index in [2.05, 4.69) is 29.5 Å². The number of ether oxygens (including phenoxy) is 1. The maximum atomic E-state index is 13.9. The van der Waals surface area contributed by atoms with Gasteiger partial charge < -0.3 is 9.64 Å². The minimum atomic E-state index is -2.62. The molecule has 4 aliphatic rings. The van der Waals surface area contributed by atoms with E-state index < -0.39 is 17.3 Å². The summed E-state index contributed by atoms with van der Waals surface area (Å²) in [6.45, 7) is 4.58. The van der Waals surface area contributed by atoms with Gasteiger partial charge >= 0.3 is 0 Å². The van der Waals surface area contributed by atoms with E-state index in [-0.39, 0.29) is 29.9 Å². The first-order chi connectivity index (χ1) is 18.1. The molecular formula is C27H28ClF3N6O. The third-order valence-corrected chi connectivity index (χ3v) is 9.13. The zero-order valence-corrected chi connectivity index (χ0v) is 22.0. The first-order valence-electron chi connectivity index (χ1n) is 12.9. The van der Waals surface area contributed by atoms with Crippen molar-refractivity contribution in [2.24, 2.45) is 5.41 Å². The number of pyridine rings is 1. The number of alkyl halides is 2. The number of methoxy groups -OCH3 is 1. The molecule has 2 saturated carbocycles. The first kappa shape index (κ1) is 24.2. The van der Waals surface area contributed by atoms with E-state index >= 15 is 0 Å². The lowest BCUT2D eigenvalue weighted by molar-refractivity contribution is -0.173. The minimum Gasteiger partial charge on any atom is -0.493 e. The standard InChI is InChI=1S/C27H28ClF3N6O/c1-25(12-27(30,31)13-25)36-10-16-5-18(28)3-4-20(16)37-23(11-36)33-34-24(37)17-7-26(8-17)14-35(15-26)22-6-21(38-2)19(29)9-32-22/h3-6,9,17H,7-8,10-15H2,1-2H3. The van der Waals surface area contributed by atoms with E-state index in [9.17, 15) is 13.2 Å². The van der Waals surface area contributed by atoms with Gasteiger partial charge in [-0.3, -0.25) is 9.47 Å². The molecule has 7 nitrogen and oxygen atoms in total. The van der Waals surface area contributed by atoms with E-state index in [0.717, 1.165) is 54.6 Å². The van der Waals surface area contributed by atoms with Crippen LogP contribution >= 0.6 is 11.6 Å². The van der Waals surface area contributed by atoms with Crippen LogP contribution in [0.15, 0.2) is 30.5 Å². The van der Waals surface area contributed by atoms with Gasteiger partial charge in [-0.05, 0) is 43.5 Å². The van der Waals surface area contributed by atoms with Crippen LogP contribution in [0.3, 0.4) is 0 Å². The summed E-state index contributed by atoms with van der Waals surface area (Å²) in [4.78, 5) is 8.48. The third-order valence-electron chi connectivity index (χ3n) is 8.90. The Hall–Kier alpha value is -2.85. The summed E-state index contributed by atoms with van der Waals surface area (Å²) in [7, 11) is 1.45. The smallest absolute Gasteiger partial charge is 0.251 e. The molecule has 38 heavy (non-hydrogen) atoms. The summed E-state index contributed by atoms with van der Waals surface area (Å²) in [6.07, 6.45) is 2.82. The number of aromatic nitrogens is 4. The van der Waals surface area contributed by atoms with Crippen LogP contribution in [-0.2, 0) is 13.1 Å². The van der Waals surface area contributed by atoms with Gasteiger partial charge in [0, 0.05) is 60.4 Å². The molecule has 2 aromatic heterocycles. The summed E-state index contributed by atoms with van der Waals surface area (Å²) in [5.74, 6) is -0.245. The van der Waals surface area contributed by atoms with Gasteiger partial charge in [-0.1, -0.05) is 11.6 Å². The second kappa shape index (κ2) is 8.08. The topological polar surface area (TPSA) is 59.3 Å². The molecule has 2 aliphatic carbocycles. The van der Waals surface area contributed by atoms with Crippen molar-refractivity contribution in [3.8, 4) is 11.4 Å². The average Bonchev–Trinajstić information content (AvgIpc) is 3.11. The second-order valence-electron chi connectivity index (χ2n) is 11.8. The summed E-state index contributed by atoms with van der Waals surface area (Å²) in [5.41, 5.74) is 1.54. The van der Waals surface area contributed by atoms with E-state index in [0.29, 0.717) is 18.1 Å². The Balaban J connectivity index is 1.13. The minimum absolute atomic E-state index is 0.159. The van der Waals surface area contributed by atoms with Crippen molar-refractivity contribution in [2.45, 2.75) is 63.1 Å². The van der Waals surface area contributed by atoms with Crippen LogP contribution < -0.4 is 9.64 Å². The molecule has 0 amide bonds. The number of nitrogens with zero attached hydrogens (tertiary/aromatic N) is 6. The van der Waals surface area contributed by atoms with Crippen molar-refractivity contribution in [1.29, 1.82) is 0 Å². The SMILES string of the molecule is COc1cc(N2CC3(CC(c4nnc5n4-c4ccc(Cl)cc4CN(C4(C)CC(F)(F)C4)C5)C3)C2)ncc1F. The second-order valence-corrected chi connectivity index (χ2v) is 12.2. The van der Waals surface area contributed by atoms with Crippen molar-refractivity contribution in [1.82, 2.24) is 24.6 Å². The zero-order chi connectivity index (χ0) is 26.4. The van der Waals surface area contributed by atoms with Gasteiger partial charge in [0.05, 0.1) is 25.5 Å². The maximum Gasteiger partial charge on any atom is 0.251 e. The third kappa shape index (κ3) is 3.71. The average molecular weight is 545 g/mol. The lowest BCUT2D eigenvalue weighted by Gasteiger charge is -2.59. The molecule has 1 aromatic carbocycles. The Bertz CT molecular complexity index is 1420. The monoisotopic (exact) mass is 544 g/mol. The molecule has 3 aromatic rings. The van der Waals surface area contributed by atoms with Crippen LogP contribution in [0.5, 0.6) is 5.75 Å². The molecule has 0 unspecified atom stereocenters. The van der Waals surface area contributed by atoms with Gasteiger partial charge in [0.25, 0.3) is 5.92 Å². The number of hydrogen-bond donors (Lipinski definition) is 0. The van der Waals surface area contributed by atoms with Crippen molar-refractivity contribution >= 4 is 17.4 Å². The lowest BCUT2D eigenvalue weighted by Crippen LogP contribution is -2.62. The van der Waals surface area contributed by atoms with Crippen molar-refractivity contribution < 1.29 is 17.9 Å². The zero-order valence-electron chi connectivity index (χ0n) is 21.2. The van der Waals surface area contributed by atoms with Gasteiger partial charge in [0.2, 0.25) is 0 Å². The molecule has 0 atom stereocenters. The maximum absolute atomic E-state index is 13.9. The van der Waals surface area contributed by atoms with E-state index in [1.54, 1.807) is 6.07 Å². The predicted octanol–water partition coefficient (Wildman–Crippen LogP) is 5.35. The fourth-order valence-electron chi connectivity index (χ4n) is 7.05. The van der Waals surface area contributed by atoms with Crippen LogP contribution in [0, 0.1) is 11.2 Å². The largest absolute Gasteiger partial charge is 0.493 e. The molecular weight excluding hydrogens is 517 g/mol. The Kier molecular flexibility index (Phi) is 5.15. The number of benzene rings is 1. The van der Waals surface area contributed by atoms with Gasteiger partial charge in [0.15, 0.2) is 17.4 Å². The Labute approximate surface area is 223 Å². The van der Waals surface area contributed by atoms with E-state index in [1.807, 2.05) is 25.1 Å². The first-order valence-corrected chi connectivity index (χ1v) is 13.3.